The van der Waals surface area contributed by atoms with Gasteiger partial charge in [-0.15, -0.1) is 0 Å². The van der Waals surface area contributed by atoms with Crippen LogP contribution in [0.2, 0.25) is 5.02 Å². The predicted molar refractivity (Wildman–Crippen MR) is 95.9 cm³/mol. The monoisotopic (exact) mass is 384 g/mol. The van der Waals surface area contributed by atoms with Crippen LogP contribution in [0.25, 0.3) is 0 Å². The molecule has 0 fully saturated rings. The van der Waals surface area contributed by atoms with Crippen molar-refractivity contribution in [3.63, 3.8) is 0 Å². The summed E-state index contributed by atoms with van der Waals surface area (Å²) >= 11 is 5.92. The molecule has 0 spiro atoms. The van der Waals surface area contributed by atoms with Gasteiger partial charge in [-0.3, -0.25) is 9.48 Å². The standard InChI is InChI=1S/C16H21ClN4O3S/c1-10(2)12(14-6-7-20-21(14)3)9-19-16(22)11-4-5-15(13(17)8-11)25(18,23)24/h4-8,10,12H,9H2,1-3H3,(H,19,22)(H2,18,23,24)/t12-/m0/s1. The summed E-state index contributed by atoms with van der Waals surface area (Å²) in [5.74, 6) is 0.0512. The van der Waals surface area contributed by atoms with E-state index in [0.717, 1.165) is 5.69 Å². The molecule has 1 amide bonds. The Morgan fingerprint density at radius 2 is 2.04 bits per heavy atom. The molecule has 3 N–H and O–H groups in total. The summed E-state index contributed by atoms with van der Waals surface area (Å²) < 4.78 is 24.5. The molecule has 7 nitrogen and oxygen atoms in total. The zero-order valence-electron chi connectivity index (χ0n) is 14.2. The fraction of sp³-hybridized carbons (Fsp3) is 0.375. The van der Waals surface area contributed by atoms with E-state index in [-0.39, 0.29) is 27.3 Å². The summed E-state index contributed by atoms with van der Waals surface area (Å²) in [6.07, 6.45) is 1.72. The Hall–Kier alpha value is -1.90. The van der Waals surface area contributed by atoms with Crippen molar-refractivity contribution in [2.45, 2.75) is 24.7 Å². The maximum Gasteiger partial charge on any atom is 0.251 e. The first kappa shape index (κ1) is 19.4. The van der Waals surface area contributed by atoms with E-state index in [1.165, 1.54) is 18.2 Å². The van der Waals surface area contributed by atoms with Gasteiger partial charge in [0.05, 0.1) is 5.02 Å². The van der Waals surface area contributed by atoms with Crippen LogP contribution >= 0.6 is 11.6 Å². The molecule has 0 aliphatic rings. The lowest BCUT2D eigenvalue weighted by molar-refractivity contribution is 0.0948. The second-order valence-electron chi connectivity index (χ2n) is 6.13. The fourth-order valence-corrected chi connectivity index (χ4v) is 3.70. The van der Waals surface area contributed by atoms with Crippen LogP contribution in [-0.4, -0.2) is 30.7 Å². The maximum absolute atomic E-state index is 12.4. The number of rotatable bonds is 6. The quantitative estimate of drug-likeness (QED) is 0.792. The SMILES string of the molecule is CC(C)[C@H](CNC(=O)c1ccc(S(N)(=O)=O)c(Cl)c1)c1ccnn1C. The Balaban J connectivity index is 2.14. The van der Waals surface area contributed by atoms with Gasteiger partial charge in [-0.1, -0.05) is 25.4 Å². The number of amides is 1. The number of aryl methyl sites for hydroxylation is 1. The number of nitrogens with one attached hydrogen (secondary N) is 1. The van der Waals surface area contributed by atoms with Crippen molar-refractivity contribution in [2.24, 2.45) is 18.1 Å². The third-order valence-electron chi connectivity index (χ3n) is 4.03. The highest BCUT2D eigenvalue weighted by molar-refractivity contribution is 7.89. The Kier molecular flexibility index (Phi) is 5.87. The first-order chi connectivity index (χ1) is 11.6. The van der Waals surface area contributed by atoms with Crippen molar-refractivity contribution in [1.29, 1.82) is 0 Å². The van der Waals surface area contributed by atoms with Gasteiger partial charge in [-0.25, -0.2) is 13.6 Å². The predicted octanol–water partition coefficient (Wildman–Crippen LogP) is 1.89. The van der Waals surface area contributed by atoms with Crippen LogP contribution in [0.5, 0.6) is 0 Å². The molecule has 1 aromatic carbocycles. The van der Waals surface area contributed by atoms with Crippen molar-refractivity contribution in [1.82, 2.24) is 15.1 Å². The topological polar surface area (TPSA) is 107 Å². The van der Waals surface area contributed by atoms with Gasteiger partial charge in [0.1, 0.15) is 4.90 Å². The lowest BCUT2D eigenvalue weighted by atomic mass is 9.92. The minimum absolute atomic E-state index is 0.0813. The van der Waals surface area contributed by atoms with E-state index < -0.39 is 10.0 Å². The minimum Gasteiger partial charge on any atom is -0.351 e. The number of aromatic nitrogens is 2. The molecule has 0 bridgehead atoms. The van der Waals surface area contributed by atoms with E-state index in [1.807, 2.05) is 13.1 Å². The maximum atomic E-state index is 12.4. The third-order valence-corrected chi connectivity index (χ3v) is 5.42. The Morgan fingerprint density at radius 1 is 1.36 bits per heavy atom. The summed E-state index contributed by atoms with van der Waals surface area (Å²) in [5, 5.41) is 12.0. The fourth-order valence-electron chi connectivity index (χ4n) is 2.61. The molecule has 0 saturated heterocycles. The molecular formula is C16H21ClN4O3S. The van der Waals surface area contributed by atoms with Crippen LogP contribution in [-0.2, 0) is 17.1 Å². The Bertz CT molecular complexity index is 877. The number of nitrogens with two attached hydrogens (primary N) is 1. The van der Waals surface area contributed by atoms with Crippen molar-refractivity contribution in [3.05, 3.63) is 46.7 Å². The zero-order valence-corrected chi connectivity index (χ0v) is 15.8. The third kappa shape index (κ3) is 4.59. The lowest BCUT2D eigenvalue weighted by Gasteiger charge is -2.21. The van der Waals surface area contributed by atoms with Crippen LogP contribution < -0.4 is 10.5 Å². The van der Waals surface area contributed by atoms with Crippen molar-refractivity contribution in [2.75, 3.05) is 6.54 Å². The largest absolute Gasteiger partial charge is 0.351 e. The molecule has 1 heterocycles. The van der Waals surface area contributed by atoms with Gasteiger partial charge in [0.25, 0.3) is 5.91 Å². The van der Waals surface area contributed by atoms with E-state index in [9.17, 15) is 13.2 Å². The van der Waals surface area contributed by atoms with Gasteiger partial charge >= 0.3 is 0 Å². The van der Waals surface area contributed by atoms with Gasteiger partial charge in [-0.05, 0) is 30.2 Å². The molecule has 0 radical (unpaired) electrons. The zero-order chi connectivity index (χ0) is 18.8. The molecule has 0 unspecified atom stereocenters. The lowest BCUT2D eigenvalue weighted by Crippen LogP contribution is -2.31. The van der Waals surface area contributed by atoms with Crippen LogP contribution in [0.15, 0.2) is 35.4 Å². The second kappa shape index (κ2) is 7.55. The number of hydrogen-bond acceptors (Lipinski definition) is 4. The van der Waals surface area contributed by atoms with Crippen LogP contribution in [0.4, 0.5) is 0 Å². The minimum atomic E-state index is -3.92. The highest BCUT2D eigenvalue weighted by atomic mass is 35.5. The second-order valence-corrected chi connectivity index (χ2v) is 8.07. The Labute approximate surface area is 152 Å². The molecular weight excluding hydrogens is 364 g/mol. The molecule has 1 atom stereocenters. The van der Waals surface area contributed by atoms with E-state index in [2.05, 4.69) is 24.3 Å². The summed E-state index contributed by atoms with van der Waals surface area (Å²) in [6.45, 7) is 4.56. The van der Waals surface area contributed by atoms with Gasteiger partial charge < -0.3 is 5.32 Å². The van der Waals surface area contributed by atoms with Gasteiger partial charge in [0, 0.05) is 37.0 Å². The number of benzene rings is 1. The molecule has 0 saturated carbocycles. The average Bonchev–Trinajstić information content (AvgIpc) is 2.91. The Morgan fingerprint density at radius 3 is 2.52 bits per heavy atom. The molecule has 136 valence electrons. The molecule has 25 heavy (non-hydrogen) atoms. The number of carbonyl (C=O) groups excluding carboxylic acids is 1. The van der Waals surface area contributed by atoms with Gasteiger partial charge in [0.15, 0.2) is 0 Å². The highest BCUT2D eigenvalue weighted by Gasteiger charge is 2.21. The summed E-state index contributed by atoms with van der Waals surface area (Å²) in [6, 6.07) is 5.84. The molecule has 9 heteroatoms. The van der Waals surface area contributed by atoms with Crippen LogP contribution in [0, 0.1) is 5.92 Å². The van der Waals surface area contributed by atoms with Crippen LogP contribution in [0.3, 0.4) is 0 Å². The van der Waals surface area contributed by atoms with E-state index in [0.29, 0.717) is 12.5 Å². The van der Waals surface area contributed by atoms with E-state index in [1.54, 1.807) is 10.9 Å². The van der Waals surface area contributed by atoms with Gasteiger partial charge in [0.2, 0.25) is 10.0 Å². The van der Waals surface area contributed by atoms with Crippen molar-refractivity contribution in [3.8, 4) is 0 Å². The number of nitrogens with zero attached hydrogens (tertiary/aromatic N) is 2. The van der Waals surface area contributed by atoms with Gasteiger partial charge in [-0.2, -0.15) is 5.10 Å². The number of halogens is 1. The molecule has 0 aliphatic heterocycles. The highest BCUT2D eigenvalue weighted by Crippen LogP contribution is 2.24. The first-order valence-electron chi connectivity index (χ1n) is 7.69. The van der Waals surface area contributed by atoms with E-state index in [4.69, 9.17) is 16.7 Å². The molecule has 1 aromatic heterocycles. The number of carbonyl (C=O) groups is 1. The normalized spacial score (nSPS) is 13.0. The molecule has 0 aliphatic carbocycles. The van der Waals surface area contributed by atoms with E-state index >= 15 is 0 Å². The smallest absolute Gasteiger partial charge is 0.251 e. The number of hydrogen-bond donors (Lipinski definition) is 2. The number of sulfonamides is 1. The number of primary sulfonamides is 1. The van der Waals surface area contributed by atoms with Crippen LogP contribution in [0.1, 0.15) is 35.8 Å². The summed E-state index contributed by atoms with van der Waals surface area (Å²) in [5.41, 5.74) is 1.29. The van der Waals surface area contributed by atoms with Crippen molar-refractivity contribution >= 4 is 27.5 Å². The molecule has 2 rings (SSSR count). The first-order valence-corrected chi connectivity index (χ1v) is 9.62. The molecule has 2 aromatic rings. The summed E-state index contributed by atoms with van der Waals surface area (Å²) in [7, 11) is -2.06. The summed E-state index contributed by atoms with van der Waals surface area (Å²) in [4.78, 5) is 12.2. The average molecular weight is 385 g/mol. The van der Waals surface area contributed by atoms with Crippen molar-refractivity contribution < 1.29 is 13.2 Å².